The fourth-order valence-electron chi connectivity index (χ4n) is 4.18. The van der Waals surface area contributed by atoms with Gasteiger partial charge in [0, 0.05) is 35.2 Å². The fourth-order valence-corrected chi connectivity index (χ4v) is 5.67. The van der Waals surface area contributed by atoms with Gasteiger partial charge in [0.05, 0.1) is 16.5 Å². The first-order valence-electron chi connectivity index (χ1n) is 12.9. The van der Waals surface area contributed by atoms with Crippen LogP contribution in [0.5, 0.6) is 5.75 Å². The molecule has 0 atom stereocenters. The van der Waals surface area contributed by atoms with Crippen molar-refractivity contribution in [3.63, 3.8) is 0 Å². The van der Waals surface area contributed by atoms with Crippen LogP contribution in [0.3, 0.4) is 0 Å². The average Bonchev–Trinajstić information content (AvgIpc) is 3.39. The highest BCUT2D eigenvalue weighted by atomic mass is 32.2. The first-order valence-corrected chi connectivity index (χ1v) is 14.4. The molecule has 0 unspecified atom stereocenters. The maximum atomic E-state index is 12.9. The van der Waals surface area contributed by atoms with Crippen LogP contribution in [0.4, 0.5) is 23.1 Å². The summed E-state index contributed by atoms with van der Waals surface area (Å²) >= 11 is 0. The molecule has 3 N–H and O–H groups in total. The molecule has 1 aromatic heterocycles. The summed E-state index contributed by atoms with van der Waals surface area (Å²) in [5, 5.41) is 15.8. The summed E-state index contributed by atoms with van der Waals surface area (Å²) in [6, 6.07) is 14.0. The van der Waals surface area contributed by atoms with Crippen LogP contribution in [0.2, 0.25) is 0 Å². The van der Waals surface area contributed by atoms with Crippen LogP contribution in [-0.2, 0) is 10.0 Å². The maximum absolute atomic E-state index is 12.9. The zero-order valence-electron chi connectivity index (χ0n) is 22.8. The number of nitrogens with zero attached hydrogens (tertiary/aromatic N) is 4. The number of hydrogen-bond acceptors (Lipinski definition) is 9. The fraction of sp³-hybridized carbons (Fsp3) is 0.393. The van der Waals surface area contributed by atoms with Gasteiger partial charge in [-0.25, -0.2) is 18.1 Å². The molecule has 206 valence electrons. The molecular weight excluding hydrogens is 514 g/mol. The molecule has 3 aromatic rings. The zero-order valence-corrected chi connectivity index (χ0v) is 23.6. The highest BCUT2D eigenvalue weighted by molar-refractivity contribution is 7.89. The van der Waals surface area contributed by atoms with Gasteiger partial charge in [-0.15, -0.1) is 0 Å². The second-order valence-corrected chi connectivity index (χ2v) is 12.3. The van der Waals surface area contributed by atoms with Crippen LogP contribution >= 0.6 is 0 Å². The van der Waals surface area contributed by atoms with Gasteiger partial charge in [0.2, 0.25) is 16.0 Å². The molecule has 0 radical (unpaired) electrons. The second kappa shape index (κ2) is 12.0. The van der Waals surface area contributed by atoms with Crippen molar-refractivity contribution in [1.82, 2.24) is 19.6 Å². The van der Waals surface area contributed by atoms with Gasteiger partial charge in [-0.1, -0.05) is 0 Å². The lowest BCUT2D eigenvalue weighted by molar-refractivity contribution is 0.238. The molecule has 39 heavy (non-hydrogen) atoms. The zero-order chi connectivity index (χ0) is 28.0. The number of benzene rings is 2. The second-order valence-electron chi connectivity index (χ2n) is 10.6. The Kier molecular flexibility index (Phi) is 8.70. The van der Waals surface area contributed by atoms with Crippen LogP contribution in [0.15, 0.2) is 53.6 Å². The standard InChI is InChI=1S/C28H35N7O3S/c1-20-19-30-27(32-22-7-9-24(10-8-22)38-14-13-35-11-5-6-12-35)33-26(20)31-23-15-21(18-29)16-25(17-23)39(36,37)34-28(2,3)4/h7-10,15-17,19,34H,5-6,11-14H2,1-4H3,(H2,30,31,32,33). The predicted molar refractivity (Wildman–Crippen MR) is 152 cm³/mol. The number of hydrogen-bond donors (Lipinski definition) is 3. The third-order valence-corrected chi connectivity index (χ3v) is 7.74. The Hall–Kier alpha value is -3.72. The van der Waals surface area contributed by atoms with Gasteiger partial charge in [0.25, 0.3) is 0 Å². The molecule has 0 bridgehead atoms. The topological polar surface area (TPSA) is 132 Å². The Bertz CT molecular complexity index is 1440. The summed E-state index contributed by atoms with van der Waals surface area (Å²) in [7, 11) is -3.84. The van der Waals surface area contributed by atoms with Gasteiger partial charge in [-0.3, -0.25) is 4.90 Å². The normalized spacial score (nSPS) is 14.1. The molecule has 0 saturated carbocycles. The lowest BCUT2D eigenvalue weighted by Crippen LogP contribution is -2.40. The monoisotopic (exact) mass is 549 g/mol. The van der Waals surface area contributed by atoms with E-state index in [2.05, 4.69) is 30.2 Å². The highest BCUT2D eigenvalue weighted by Crippen LogP contribution is 2.26. The van der Waals surface area contributed by atoms with Crippen molar-refractivity contribution < 1.29 is 13.2 Å². The molecule has 2 aromatic carbocycles. The first kappa shape index (κ1) is 28.3. The molecule has 0 aliphatic carbocycles. The predicted octanol–water partition coefficient (Wildman–Crippen LogP) is 4.70. The van der Waals surface area contributed by atoms with Crippen molar-refractivity contribution in [3.05, 3.63) is 59.8 Å². The van der Waals surface area contributed by atoms with E-state index in [1.165, 1.54) is 25.0 Å². The number of likely N-dealkylation sites (tertiary alicyclic amines) is 1. The van der Waals surface area contributed by atoms with Gasteiger partial charge in [0.15, 0.2) is 0 Å². The van der Waals surface area contributed by atoms with Crippen molar-refractivity contribution in [2.75, 3.05) is 36.9 Å². The van der Waals surface area contributed by atoms with Crippen LogP contribution in [0.1, 0.15) is 44.7 Å². The number of aryl methyl sites for hydroxylation is 1. The number of anilines is 4. The van der Waals surface area contributed by atoms with Gasteiger partial charge >= 0.3 is 0 Å². The number of nitrogens with one attached hydrogen (secondary N) is 3. The smallest absolute Gasteiger partial charge is 0.241 e. The number of ether oxygens (including phenoxy) is 1. The number of rotatable bonds is 10. The Labute approximate surface area is 230 Å². The Morgan fingerprint density at radius 3 is 2.44 bits per heavy atom. The third kappa shape index (κ3) is 8.13. The largest absolute Gasteiger partial charge is 0.492 e. The molecule has 2 heterocycles. The summed E-state index contributed by atoms with van der Waals surface area (Å²) in [5.41, 5.74) is 1.51. The third-order valence-electron chi connectivity index (χ3n) is 6.01. The quantitative estimate of drug-likeness (QED) is 0.329. The van der Waals surface area contributed by atoms with E-state index in [0.29, 0.717) is 24.1 Å². The Balaban J connectivity index is 1.45. The van der Waals surface area contributed by atoms with Gasteiger partial charge in [0.1, 0.15) is 18.2 Å². The number of aromatic nitrogens is 2. The molecule has 1 fully saturated rings. The number of sulfonamides is 1. The molecule has 10 nitrogen and oxygen atoms in total. The van der Waals surface area contributed by atoms with E-state index >= 15 is 0 Å². The van der Waals surface area contributed by atoms with Crippen molar-refractivity contribution in [2.24, 2.45) is 0 Å². The Morgan fingerprint density at radius 2 is 1.77 bits per heavy atom. The van der Waals surface area contributed by atoms with E-state index in [9.17, 15) is 13.7 Å². The van der Waals surface area contributed by atoms with Crippen molar-refractivity contribution in [3.8, 4) is 11.8 Å². The van der Waals surface area contributed by atoms with Crippen molar-refractivity contribution >= 4 is 33.2 Å². The van der Waals surface area contributed by atoms with Crippen LogP contribution < -0.4 is 20.1 Å². The molecule has 0 amide bonds. The summed E-state index contributed by atoms with van der Waals surface area (Å²) in [6.07, 6.45) is 4.20. The lowest BCUT2D eigenvalue weighted by Gasteiger charge is -2.21. The molecule has 1 saturated heterocycles. The molecule has 4 rings (SSSR count). The van der Waals surface area contributed by atoms with E-state index < -0.39 is 15.6 Å². The van der Waals surface area contributed by atoms with Gasteiger partial charge in [-0.05, 0) is 96.1 Å². The Morgan fingerprint density at radius 1 is 1.05 bits per heavy atom. The minimum absolute atomic E-state index is 0.00762. The van der Waals surface area contributed by atoms with Gasteiger partial charge in [-0.2, -0.15) is 10.2 Å². The maximum Gasteiger partial charge on any atom is 0.241 e. The average molecular weight is 550 g/mol. The minimum Gasteiger partial charge on any atom is -0.492 e. The van der Waals surface area contributed by atoms with E-state index in [-0.39, 0.29) is 10.5 Å². The summed E-state index contributed by atoms with van der Waals surface area (Å²) in [4.78, 5) is 11.3. The summed E-state index contributed by atoms with van der Waals surface area (Å²) in [5.74, 6) is 1.65. The van der Waals surface area contributed by atoms with E-state index in [1.807, 2.05) is 37.3 Å². The molecular formula is C28H35N7O3S. The molecule has 1 aliphatic rings. The SMILES string of the molecule is Cc1cnc(Nc2ccc(OCCN3CCCC3)cc2)nc1Nc1cc(C#N)cc(S(=O)(=O)NC(C)(C)C)c1. The van der Waals surface area contributed by atoms with E-state index in [1.54, 1.807) is 33.0 Å². The summed E-state index contributed by atoms with van der Waals surface area (Å²) < 4.78 is 34.3. The lowest BCUT2D eigenvalue weighted by atomic mass is 10.1. The van der Waals surface area contributed by atoms with E-state index in [4.69, 9.17) is 4.74 Å². The number of nitriles is 1. The molecule has 0 spiro atoms. The van der Waals surface area contributed by atoms with Crippen LogP contribution in [0, 0.1) is 18.3 Å². The van der Waals surface area contributed by atoms with Gasteiger partial charge < -0.3 is 15.4 Å². The van der Waals surface area contributed by atoms with Crippen molar-refractivity contribution in [1.29, 1.82) is 5.26 Å². The molecule has 1 aliphatic heterocycles. The van der Waals surface area contributed by atoms with E-state index in [0.717, 1.165) is 36.6 Å². The minimum atomic E-state index is -3.84. The van der Waals surface area contributed by atoms with Crippen LogP contribution in [-0.4, -0.2) is 55.1 Å². The first-order chi connectivity index (χ1) is 18.5. The highest BCUT2D eigenvalue weighted by Gasteiger charge is 2.23. The van der Waals surface area contributed by atoms with Crippen LogP contribution in [0.25, 0.3) is 0 Å². The van der Waals surface area contributed by atoms with Crippen molar-refractivity contribution in [2.45, 2.75) is 51.0 Å². The summed E-state index contributed by atoms with van der Waals surface area (Å²) in [6.45, 7) is 11.0. The molecule has 11 heteroatoms.